The summed E-state index contributed by atoms with van der Waals surface area (Å²) >= 11 is 0. The zero-order valence-electron chi connectivity index (χ0n) is 11.0. The number of aromatic nitrogens is 2. The zero-order chi connectivity index (χ0) is 14.1. The van der Waals surface area contributed by atoms with Crippen molar-refractivity contribution in [3.05, 3.63) is 65.2 Å². The minimum Gasteiger partial charge on any atom is -0.331 e. The summed E-state index contributed by atoms with van der Waals surface area (Å²) in [6, 6.07) is 12.0. The van der Waals surface area contributed by atoms with Crippen molar-refractivity contribution < 1.29 is 9.18 Å². The molecule has 0 bridgehead atoms. The fraction of sp³-hybridized carbons (Fsp3) is 0.125. The van der Waals surface area contributed by atoms with E-state index in [0.717, 1.165) is 23.1 Å². The molecule has 0 N–H and O–H groups in total. The third kappa shape index (κ3) is 2.09. The van der Waals surface area contributed by atoms with Gasteiger partial charge < -0.3 is 4.57 Å². The molecule has 1 heterocycles. The van der Waals surface area contributed by atoms with Crippen molar-refractivity contribution in [3.63, 3.8) is 0 Å². The first-order valence-corrected chi connectivity index (χ1v) is 6.33. The summed E-state index contributed by atoms with van der Waals surface area (Å²) < 4.78 is 15.3. The van der Waals surface area contributed by atoms with Crippen molar-refractivity contribution in [3.8, 4) is 0 Å². The molecule has 1 aromatic heterocycles. The van der Waals surface area contributed by atoms with Crippen LogP contribution in [-0.2, 0) is 13.5 Å². The average molecular weight is 268 g/mol. The lowest BCUT2D eigenvalue weighted by Crippen LogP contribution is -2.02. The Morgan fingerprint density at radius 2 is 2.05 bits per heavy atom. The van der Waals surface area contributed by atoms with E-state index in [9.17, 15) is 9.18 Å². The first kappa shape index (κ1) is 12.5. The lowest BCUT2D eigenvalue weighted by atomic mass is 10.1. The number of hydrogen-bond donors (Lipinski definition) is 0. The van der Waals surface area contributed by atoms with Gasteiger partial charge in [-0.05, 0) is 35.9 Å². The van der Waals surface area contributed by atoms with Crippen LogP contribution in [0.15, 0.2) is 42.5 Å². The Morgan fingerprint density at radius 1 is 1.25 bits per heavy atom. The molecular weight excluding hydrogens is 255 g/mol. The van der Waals surface area contributed by atoms with Gasteiger partial charge in [-0.2, -0.15) is 0 Å². The number of benzene rings is 2. The molecule has 0 aliphatic rings. The van der Waals surface area contributed by atoms with E-state index in [1.165, 1.54) is 18.2 Å². The molecule has 0 aliphatic heterocycles. The van der Waals surface area contributed by atoms with E-state index in [2.05, 4.69) is 4.98 Å². The monoisotopic (exact) mass is 268 g/mol. The molecule has 0 atom stereocenters. The van der Waals surface area contributed by atoms with E-state index in [4.69, 9.17) is 0 Å². The second kappa shape index (κ2) is 4.89. The second-order valence-electron chi connectivity index (χ2n) is 4.71. The van der Waals surface area contributed by atoms with Gasteiger partial charge in [0, 0.05) is 19.0 Å². The van der Waals surface area contributed by atoms with Gasteiger partial charge in [0.15, 0.2) is 0 Å². The van der Waals surface area contributed by atoms with E-state index < -0.39 is 0 Å². The van der Waals surface area contributed by atoms with Gasteiger partial charge in [-0.1, -0.05) is 12.1 Å². The third-order valence-corrected chi connectivity index (χ3v) is 3.46. The molecule has 100 valence electrons. The fourth-order valence-electron chi connectivity index (χ4n) is 2.37. The van der Waals surface area contributed by atoms with Gasteiger partial charge in [0.05, 0.1) is 11.0 Å². The molecule has 0 saturated carbocycles. The predicted octanol–water partition coefficient (Wildman–Crippen LogP) is 3.12. The first-order valence-electron chi connectivity index (χ1n) is 6.33. The lowest BCUT2D eigenvalue weighted by molar-refractivity contribution is 0.112. The molecule has 3 rings (SSSR count). The van der Waals surface area contributed by atoms with Gasteiger partial charge >= 0.3 is 0 Å². The zero-order valence-corrected chi connectivity index (χ0v) is 11.0. The fourth-order valence-corrected chi connectivity index (χ4v) is 2.37. The van der Waals surface area contributed by atoms with Gasteiger partial charge in [0.1, 0.15) is 17.9 Å². The first-order chi connectivity index (χ1) is 9.69. The average Bonchev–Trinajstić information content (AvgIpc) is 2.76. The lowest BCUT2D eigenvalue weighted by Gasteiger charge is -2.05. The molecule has 20 heavy (non-hydrogen) atoms. The Hall–Kier alpha value is -2.49. The summed E-state index contributed by atoms with van der Waals surface area (Å²) in [6.07, 6.45) is 1.18. The summed E-state index contributed by atoms with van der Waals surface area (Å²) in [6.45, 7) is 0. The number of aryl methyl sites for hydroxylation is 1. The molecular formula is C16H13FN2O. The molecule has 0 fully saturated rings. The SMILES string of the molecule is Cn1c(Cc2cc(F)ccc2C=O)nc2ccccc21. The molecule has 2 aromatic carbocycles. The van der Waals surface area contributed by atoms with Crippen molar-refractivity contribution >= 4 is 17.3 Å². The molecule has 0 amide bonds. The Morgan fingerprint density at radius 3 is 2.80 bits per heavy atom. The van der Waals surface area contributed by atoms with E-state index in [1.54, 1.807) is 0 Å². The van der Waals surface area contributed by atoms with Crippen LogP contribution in [0.5, 0.6) is 0 Å². The number of halogens is 1. The van der Waals surface area contributed by atoms with Gasteiger partial charge in [-0.3, -0.25) is 4.79 Å². The number of rotatable bonds is 3. The summed E-state index contributed by atoms with van der Waals surface area (Å²) in [5.74, 6) is 0.462. The number of carbonyl (C=O) groups excluding carboxylic acids is 1. The summed E-state index contributed by atoms with van der Waals surface area (Å²) in [4.78, 5) is 15.6. The van der Waals surface area contributed by atoms with Crippen molar-refractivity contribution in [2.24, 2.45) is 7.05 Å². The minimum absolute atomic E-state index is 0.343. The maximum atomic E-state index is 13.3. The summed E-state index contributed by atoms with van der Waals surface area (Å²) in [7, 11) is 1.92. The summed E-state index contributed by atoms with van der Waals surface area (Å²) in [5, 5.41) is 0. The molecule has 0 spiro atoms. The number of carbonyl (C=O) groups is 1. The minimum atomic E-state index is -0.343. The topological polar surface area (TPSA) is 34.9 Å². The number of aldehydes is 1. The van der Waals surface area contributed by atoms with E-state index in [1.807, 2.05) is 35.9 Å². The maximum Gasteiger partial charge on any atom is 0.150 e. The van der Waals surface area contributed by atoms with Gasteiger partial charge in [-0.15, -0.1) is 0 Å². The number of imidazole rings is 1. The molecule has 0 aliphatic carbocycles. The van der Waals surface area contributed by atoms with E-state index in [0.29, 0.717) is 17.5 Å². The predicted molar refractivity (Wildman–Crippen MR) is 75.3 cm³/mol. The van der Waals surface area contributed by atoms with Crippen LogP contribution in [0.1, 0.15) is 21.7 Å². The van der Waals surface area contributed by atoms with Crippen LogP contribution in [0.3, 0.4) is 0 Å². The highest BCUT2D eigenvalue weighted by Gasteiger charge is 2.11. The van der Waals surface area contributed by atoms with E-state index >= 15 is 0 Å². The largest absolute Gasteiger partial charge is 0.331 e. The van der Waals surface area contributed by atoms with Gasteiger partial charge in [0.25, 0.3) is 0 Å². The third-order valence-electron chi connectivity index (χ3n) is 3.46. The standard InChI is InChI=1S/C16H13FN2O/c1-19-15-5-3-2-4-14(15)18-16(19)9-12-8-13(17)7-6-11(12)10-20/h2-8,10H,9H2,1H3. The van der Waals surface area contributed by atoms with Crippen LogP contribution >= 0.6 is 0 Å². The van der Waals surface area contributed by atoms with Crippen LogP contribution in [0.4, 0.5) is 4.39 Å². The molecule has 0 unspecified atom stereocenters. The van der Waals surface area contributed by atoms with Crippen LogP contribution in [0, 0.1) is 5.82 Å². The Balaban J connectivity index is 2.07. The normalized spacial score (nSPS) is 10.9. The van der Waals surface area contributed by atoms with Gasteiger partial charge in [-0.25, -0.2) is 9.37 Å². The number of fused-ring (bicyclic) bond motifs is 1. The Bertz CT molecular complexity index is 792. The highest BCUT2D eigenvalue weighted by molar-refractivity contribution is 5.78. The molecule has 0 saturated heterocycles. The number of hydrogen-bond acceptors (Lipinski definition) is 2. The molecule has 3 aromatic rings. The van der Waals surface area contributed by atoms with Crippen LogP contribution in [0.2, 0.25) is 0 Å². The smallest absolute Gasteiger partial charge is 0.150 e. The highest BCUT2D eigenvalue weighted by atomic mass is 19.1. The van der Waals surface area contributed by atoms with Crippen molar-refractivity contribution in [1.82, 2.24) is 9.55 Å². The molecule has 3 nitrogen and oxygen atoms in total. The Labute approximate surface area is 115 Å². The number of para-hydroxylation sites is 2. The molecule has 4 heteroatoms. The van der Waals surface area contributed by atoms with Crippen LogP contribution < -0.4 is 0 Å². The Kier molecular flexibility index (Phi) is 3.06. The van der Waals surface area contributed by atoms with Crippen LogP contribution in [-0.4, -0.2) is 15.8 Å². The second-order valence-corrected chi connectivity index (χ2v) is 4.71. The van der Waals surface area contributed by atoms with E-state index in [-0.39, 0.29) is 5.82 Å². The van der Waals surface area contributed by atoms with Crippen LogP contribution in [0.25, 0.3) is 11.0 Å². The van der Waals surface area contributed by atoms with Gasteiger partial charge in [0.2, 0.25) is 0 Å². The maximum absolute atomic E-state index is 13.3. The summed E-state index contributed by atoms with van der Waals surface area (Å²) in [5.41, 5.74) is 3.07. The van der Waals surface area contributed by atoms with Crippen molar-refractivity contribution in [1.29, 1.82) is 0 Å². The highest BCUT2D eigenvalue weighted by Crippen LogP contribution is 2.19. The molecule has 0 radical (unpaired) electrons. The quantitative estimate of drug-likeness (QED) is 0.684. The van der Waals surface area contributed by atoms with Crippen molar-refractivity contribution in [2.45, 2.75) is 6.42 Å². The number of nitrogens with zero attached hydrogens (tertiary/aromatic N) is 2. The van der Waals surface area contributed by atoms with Crippen molar-refractivity contribution in [2.75, 3.05) is 0 Å².